The largest absolute Gasteiger partial charge is 0.355 e. The standard InChI is InChI=1S/C19H30N2OS/c1-16-11-17(2)13-18(12-16)14-23-15-19(22)20-7-6-10-21-8-4-3-5-9-21/h11-13H,3-10,14-15H2,1-2H3,(H,20,22). The second kappa shape index (κ2) is 9.99. The number of nitrogens with zero attached hydrogens (tertiary/aromatic N) is 1. The van der Waals surface area contributed by atoms with Crippen molar-refractivity contribution in [3.8, 4) is 0 Å². The minimum atomic E-state index is 0.165. The average molecular weight is 335 g/mol. The first kappa shape index (κ1) is 18.3. The highest BCUT2D eigenvalue weighted by Gasteiger charge is 2.09. The van der Waals surface area contributed by atoms with Gasteiger partial charge in [-0.3, -0.25) is 4.79 Å². The van der Waals surface area contributed by atoms with E-state index in [0.717, 1.165) is 25.3 Å². The Morgan fingerprint density at radius 1 is 1.13 bits per heavy atom. The molecule has 128 valence electrons. The van der Waals surface area contributed by atoms with Crippen LogP contribution in [0.25, 0.3) is 0 Å². The number of rotatable bonds is 8. The number of likely N-dealkylation sites (tertiary alicyclic amines) is 1. The molecule has 1 aliphatic heterocycles. The van der Waals surface area contributed by atoms with Crippen molar-refractivity contribution >= 4 is 17.7 Å². The van der Waals surface area contributed by atoms with Gasteiger partial charge < -0.3 is 10.2 Å². The summed E-state index contributed by atoms with van der Waals surface area (Å²) < 4.78 is 0. The topological polar surface area (TPSA) is 32.3 Å². The van der Waals surface area contributed by atoms with E-state index in [1.807, 2.05) is 0 Å². The molecule has 1 heterocycles. The van der Waals surface area contributed by atoms with E-state index in [1.54, 1.807) is 11.8 Å². The van der Waals surface area contributed by atoms with Gasteiger partial charge in [0.25, 0.3) is 0 Å². The van der Waals surface area contributed by atoms with Crippen molar-refractivity contribution < 1.29 is 4.79 Å². The summed E-state index contributed by atoms with van der Waals surface area (Å²) in [5, 5.41) is 3.04. The van der Waals surface area contributed by atoms with Gasteiger partial charge >= 0.3 is 0 Å². The second-order valence-electron chi connectivity index (χ2n) is 6.59. The molecular weight excluding hydrogens is 304 g/mol. The van der Waals surface area contributed by atoms with Crippen LogP contribution in [0.15, 0.2) is 18.2 Å². The van der Waals surface area contributed by atoms with Crippen molar-refractivity contribution in [3.63, 3.8) is 0 Å². The SMILES string of the molecule is Cc1cc(C)cc(CSCC(=O)NCCCN2CCCCC2)c1. The first-order valence-electron chi connectivity index (χ1n) is 8.77. The smallest absolute Gasteiger partial charge is 0.230 e. The van der Waals surface area contributed by atoms with Crippen molar-refractivity contribution in [1.82, 2.24) is 10.2 Å². The van der Waals surface area contributed by atoms with Gasteiger partial charge in [-0.25, -0.2) is 0 Å². The highest BCUT2D eigenvalue weighted by Crippen LogP contribution is 2.15. The fourth-order valence-corrected chi connectivity index (χ4v) is 3.97. The van der Waals surface area contributed by atoms with Gasteiger partial charge in [-0.2, -0.15) is 0 Å². The number of aryl methyl sites for hydroxylation is 2. The minimum Gasteiger partial charge on any atom is -0.355 e. The number of thioether (sulfide) groups is 1. The van der Waals surface area contributed by atoms with Crippen molar-refractivity contribution in [2.24, 2.45) is 0 Å². The fourth-order valence-electron chi connectivity index (χ4n) is 3.18. The van der Waals surface area contributed by atoms with Crippen LogP contribution in [-0.2, 0) is 10.5 Å². The number of amides is 1. The molecule has 1 aromatic rings. The molecule has 1 fully saturated rings. The molecule has 4 heteroatoms. The number of hydrogen-bond acceptors (Lipinski definition) is 3. The molecule has 2 rings (SSSR count). The van der Waals surface area contributed by atoms with Crippen LogP contribution < -0.4 is 5.32 Å². The molecule has 3 nitrogen and oxygen atoms in total. The molecule has 1 amide bonds. The van der Waals surface area contributed by atoms with Crippen LogP contribution in [-0.4, -0.2) is 42.7 Å². The van der Waals surface area contributed by atoms with Gasteiger partial charge in [0.05, 0.1) is 5.75 Å². The first-order valence-corrected chi connectivity index (χ1v) is 9.93. The minimum absolute atomic E-state index is 0.165. The van der Waals surface area contributed by atoms with E-state index in [4.69, 9.17) is 0 Å². The number of carbonyl (C=O) groups excluding carboxylic acids is 1. The molecule has 0 unspecified atom stereocenters. The molecule has 1 aromatic carbocycles. The molecule has 0 bridgehead atoms. The monoisotopic (exact) mass is 334 g/mol. The number of nitrogens with one attached hydrogen (secondary N) is 1. The third-order valence-electron chi connectivity index (χ3n) is 4.21. The molecule has 1 aliphatic rings. The third-order valence-corrected chi connectivity index (χ3v) is 5.21. The molecule has 23 heavy (non-hydrogen) atoms. The number of benzene rings is 1. The Morgan fingerprint density at radius 3 is 2.52 bits per heavy atom. The van der Waals surface area contributed by atoms with Crippen LogP contribution >= 0.6 is 11.8 Å². The average Bonchev–Trinajstić information content (AvgIpc) is 2.52. The summed E-state index contributed by atoms with van der Waals surface area (Å²) in [6.45, 7) is 8.64. The Morgan fingerprint density at radius 2 is 1.83 bits per heavy atom. The normalized spacial score (nSPS) is 15.6. The van der Waals surface area contributed by atoms with Gasteiger partial charge in [0.1, 0.15) is 0 Å². The Balaban J connectivity index is 1.54. The Hall–Kier alpha value is -1.00. The van der Waals surface area contributed by atoms with Crippen LogP contribution in [0, 0.1) is 13.8 Å². The molecule has 0 aliphatic carbocycles. The second-order valence-corrected chi connectivity index (χ2v) is 7.58. The lowest BCUT2D eigenvalue weighted by Crippen LogP contribution is -2.33. The highest BCUT2D eigenvalue weighted by molar-refractivity contribution is 7.99. The van der Waals surface area contributed by atoms with E-state index in [9.17, 15) is 4.79 Å². The molecular formula is C19H30N2OS. The lowest BCUT2D eigenvalue weighted by molar-refractivity contribution is -0.118. The first-order chi connectivity index (χ1) is 11.1. The molecule has 0 radical (unpaired) electrons. The Kier molecular flexibility index (Phi) is 7.96. The van der Waals surface area contributed by atoms with E-state index in [2.05, 4.69) is 42.3 Å². The summed E-state index contributed by atoms with van der Waals surface area (Å²) in [5.41, 5.74) is 3.90. The zero-order valence-corrected chi connectivity index (χ0v) is 15.4. The summed E-state index contributed by atoms with van der Waals surface area (Å²) >= 11 is 1.70. The van der Waals surface area contributed by atoms with Crippen LogP contribution in [0.1, 0.15) is 42.4 Å². The van der Waals surface area contributed by atoms with E-state index in [1.165, 1.54) is 49.0 Å². The van der Waals surface area contributed by atoms with Crippen LogP contribution in [0.5, 0.6) is 0 Å². The molecule has 0 saturated carbocycles. The number of piperidine rings is 1. The van der Waals surface area contributed by atoms with Crippen molar-refractivity contribution in [1.29, 1.82) is 0 Å². The third kappa shape index (κ3) is 7.40. The van der Waals surface area contributed by atoms with Gasteiger partial charge in [-0.05, 0) is 58.3 Å². The maximum atomic E-state index is 11.9. The lowest BCUT2D eigenvalue weighted by Gasteiger charge is -2.26. The summed E-state index contributed by atoms with van der Waals surface area (Å²) in [6, 6.07) is 6.59. The van der Waals surface area contributed by atoms with Gasteiger partial charge in [0.15, 0.2) is 0 Å². The maximum absolute atomic E-state index is 11.9. The van der Waals surface area contributed by atoms with Gasteiger partial charge in [0, 0.05) is 12.3 Å². The molecule has 0 aromatic heterocycles. The Labute approximate surface area is 145 Å². The van der Waals surface area contributed by atoms with Crippen molar-refractivity contribution in [3.05, 3.63) is 34.9 Å². The molecule has 1 N–H and O–H groups in total. The highest BCUT2D eigenvalue weighted by atomic mass is 32.2. The van der Waals surface area contributed by atoms with E-state index >= 15 is 0 Å². The number of carbonyl (C=O) groups is 1. The summed E-state index contributed by atoms with van der Waals surface area (Å²) in [4.78, 5) is 14.4. The van der Waals surface area contributed by atoms with E-state index < -0.39 is 0 Å². The maximum Gasteiger partial charge on any atom is 0.230 e. The van der Waals surface area contributed by atoms with Crippen LogP contribution in [0.2, 0.25) is 0 Å². The summed E-state index contributed by atoms with van der Waals surface area (Å²) in [5.74, 6) is 1.62. The fraction of sp³-hybridized carbons (Fsp3) is 0.632. The zero-order valence-electron chi connectivity index (χ0n) is 14.6. The summed E-state index contributed by atoms with van der Waals surface area (Å²) in [6.07, 6.45) is 5.11. The lowest BCUT2D eigenvalue weighted by atomic mass is 10.1. The van der Waals surface area contributed by atoms with Gasteiger partial charge in [-0.1, -0.05) is 35.7 Å². The molecule has 0 atom stereocenters. The predicted octanol–water partition coefficient (Wildman–Crippen LogP) is 3.53. The van der Waals surface area contributed by atoms with Crippen LogP contribution in [0.4, 0.5) is 0 Å². The van der Waals surface area contributed by atoms with Crippen molar-refractivity contribution in [2.75, 3.05) is 31.9 Å². The predicted molar refractivity (Wildman–Crippen MR) is 100.0 cm³/mol. The quantitative estimate of drug-likeness (QED) is 0.738. The Bertz CT molecular complexity index is 478. The van der Waals surface area contributed by atoms with Crippen LogP contribution in [0.3, 0.4) is 0 Å². The van der Waals surface area contributed by atoms with Gasteiger partial charge in [-0.15, -0.1) is 11.8 Å². The van der Waals surface area contributed by atoms with Gasteiger partial charge in [0.2, 0.25) is 5.91 Å². The van der Waals surface area contributed by atoms with Crippen molar-refractivity contribution in [2.45, 2.75) is 45.3 Å². The molecule has 0 spiro atoms. The zero-order chi connectivity index (χ0) is 16.5. The molecule has 1 saturated heterocycles. The number of hydrogen-bond donors (Lipinski definition) is 1. The van der Waals surface area contributed by atoms with E-state index in [0.29, 0.717) is 5.75 Å². The van der Waals surface area contributed by atoms with E-state index in [-0.39, 0.29) is 5.91 Å². The summed E-state index contributed by atoms with van der Waals surface area (Å²) in [7, 11) is 0.